The molecule has 1 aromatic rings. The van der Waals surface area contributed by atoms with E-state index >= 15 is 0 Å². The molecule has 98 valence electrons. The summed E-state index contributed by atoms with van der Waals surface area (Å²) in [6, 6.07) is 3.44. The lowest BCUT2D eigenvalue weighted by molar-refractivity contribution is -0.133. The molecule has 0 aliphatic heterocycles. The molecule has 7 nitrogen and oxygen atoms in total. The number of aliphatic hydroxyl groups excluding tert-OH is 1. The Bertz CT molecular complexity index is 453. The minimum atomic E-state index is -1.26. The smallest absolute Gasteiger partial charge is 0.270 e. The van der Waals surface area contributed by atoms with Crippen molar-refractivity contribution >= 4 is 27.7 Å². The Morgan fingerprint density at radius 2 is 2.11 bits per heavy atom. The summed E-state index contributed by atoms with van der Waals surface area (Å²) in [5.41, 5.74) is 1.46. The number of halogens is 1. The topological polar surface area (TPSA) is 112 Å². The third-order valence-corrected chi connectivity index (χ3v) is 2.55. The van der Waals surface area contributed by atoms with E-state index in [0.717, 1.165) is 0 Å². The second-order valence-corrected chi connectivity index (χ2v) is 4.33. The van der Waals surface area contributed by atoms with E-state index in [9.17, 15) is 14.7 Å². The molecule has 18 heavy (non-hydrogen) atoms. The number of hydrogen-bond acceptors (Lipinski definition) is 5. The minimum Gasteiger partial charge on any atom is -0.391 e. The zero-order valence-electron chi connectivity index (χ0n) is 9.42. The van der Waals surface area contributed by atoms with Gasteiger partial charge in [-0.2, -0.15) is 0 Å². The van der Waals surface area contributed by atoms with Crippen molar-refractivity contribution in [2.24, 2.45) is 0 Å². The minimum absolute atomic E-state index is 0.0840. The maximum Gasteiger partial charge on any atom is 0.270 e. The van der Waals surface area contributed by atoms with E-state index in [-0.39, 0.29) is 5.69 Å². The number of pyridine rings is 1. The molecule has 0 spiro atoms. The molecule has 2 amide bonds. The van der Waals surface area contributed by atoms with Crippen molar-refractivity contribution in [3.63, 3.8) is 0 Å². The molecule has 0 saturated heterocycles. The molecular formula is C10H12BrN3O4. The van der Waals surface area contributed by atoms with Crippen LogP contribution in [-0.4, -0.2) is 39.3 Å². The van der Waals surface area contributed by atoms with Crippen LogP contribution in [0.2, 0.25) is 0 Å². The number of hydrogen-bond donors (Lipinski definition) is 4. The van der Waals surface area contributed by atoms with E-state index in [1.54, 1.807) is 12.1 Å². The number of amides is 2. The predicted molar refractivity (Wildman–Crippen MR) is 64.8 cm³/mol. The van der Waals surface area contributed by atoms with E-state index in [0.29, 0.717) is 4.60 Å². The van der Waals surface area contributed by atoms with Crippen molar-refractivity contribution in [1.82, 2.24) is 15.8 Å². The third kappa shape index (κ3) is 3.76. The first-order valence-electron chi connectivity index (χ1n) is 5.01. The predicted octanol–water partition coefficient (Wildman–Crippen LogP) is -0.171. The van der Waals surface area contributed by atoms with Crippen molar-refractivity contribution in [3.8, 4) is 0 Å². The molecular weight excluding hydrogens is 306 g/mol. The number of nitrogens with one attached hydrogen (secondary N) is 2. The van der Waals surface area contributed by atoms with Crippen molar-refractivity contribution in [2.45, 2.75) is 19.1 Å². The fourth-order valence-corrected chi connectivity index (χ4v) is 1.57. The highest BCUT2D eigenvalue weighted by molar-refractivity contribution is 9.10. The maximum atomic E-state index is 11.8. The Balaban J connectivity index is 2.82. The van der Waals surface area contributed by atoms with Crippen LogP contribution in [0, 0.1) is 0 Å². The number of nitrogens with zero attached hydrogens (tertiary/aromatic N) is 1. The van der Waals surface area contributed by atoms with Gasteiger partial charge in [0.05, 0.1) is 6.10 Å². The van der Waals surface area contributed by atoms with Crippen LogP contribution in [0.15, 0.2) is 22.8 Å². The Labute approximate surface area is 111 Å². The second kappa shape index (κ2) is 6.43. The highest BCUT2D eigenvalue weighted by Gasteiger charge is 2.26. The highest BCUT2D eigenvalue weighted by Crippen LogP contribution is 2.06. The van der Waals surface area contributed by atoms with Gasteiger partial charge in [-0.05, 0) is 35.0 Å². The largest absolute Gasteiger partial charge is 0.391 e. The molecule has 4 N–H and O–H groups in total. The molecule has 0 aliphatic rings. The van der Waals surface area contributed by atoms with Crippen LogP contribution in [0.1, 0.15) is 17.4 Å². The molecule has 0 aliphatic carbocycles. The van der Waals surface area contributed by atoms with Gasteiger partial charge in [0, 0.05) is 0 Å². The van der Waals surface area contributed by atoms with Gasteiger partial charge in [-0.1, -0.05) is 6.07 Å². The average Bonchev–Trinajstić information content (AvgIpc) is 2.34. The van der Waals surface area contributed by atoms with Gasteiger partial charge in [0.2, 0.25) is 0 Å². The lowest BCUT2D eigenvalue weighted by Gasteiger charge is -2.18. The second-order valence-electron chi connectivity index (χ2n) is 3.51. The fourth-order valence-electron chi connectivity index (χ4n) is 1.22. The van der Waals surface area contributed by atoms with E-state index in [2.05, 4.69) is 26.2 Å². The van der Waals surface area contributed by atoms with E-state index in [1.165, 1.54) is 18.5 Å². The summed E-state index contributed by atoms with van der Waals surface area (Å²) >= 11 is 3.11. The number of aliphatic hydroxyl groups is 1. The number of aromatic nitrogens is 1. The van der Waals surface area contributed by atoms with Crippen molar-refractivity contribution in [2.75, 3.05) is 0 Å². The van der Waals surface area contributed by atoms with Gasteiger partial charge in [0.1, 0.15) is 16.3 Å². The van der Waals surface area contributed by atoms with E-state index in [4.69, 9.17) is 5.21 Å². The molecule has 0 radical (unpaired) electrons. The van der Waals surface area contributed by atoms with Gasteiger partial charge < -0.3 is 10.4 Å². The van der Waals surface area contributed by atoms with Crippen LogP contribution in [0.4, 0.5) is 0 Å². The standard InChI is InChI=1S/C10H12BrN3O4/c1-5(15)8(10(17)14-18)13-9(16)6-3-2-4-7(11)12-6/h2-5,8,15,18H,1H3,(H,13,16)(H,14,17). The van der Waals surface area contributed by atoms with Gasteiger partial charge in [0.25, 0.3) is 11.8 Å². The molecule has 1 rings (SSSR count). The van der Waals surface area contributed by atoms with E-state index < -0.39 is 24.0 Å². The van der Waals surface area contributed by atoms with Gasteiger partial charge in [-0.15, -0.1) is 0 Å². The molecule has 1 heterocycles. The number of hydroxylamine groups is 1. The molecule has 2 unspecified atom stereocenters. The maximum absolute atomic E-state index is 11.8. The number of carbonyl (C=O) groups excluding carboxylic acids is 2. The summed E-state index contributed by atoms with van der Waals surface area (Å²) in [5, 5.41) is 20.1. The summed E-state index contributed by atoms with van der Waals surface area (Å²) in [7, 11) is 0. The zero-order valence-corrected chi connectivity index (χ0v) is 11.0. The molecule has 0 aromatic carbocycles. The monoisotopic (exact) mass is 317 g/mol. The van der Waals surface area contributed by atoms with Crippen molar-refractivity contribution in [3.05, 3.63) is 28.5 Å². The Morgan fingerprint density at radius 3 is 2.61 bits per heavy atom. The van der Waals surface area contributed by atoms with Gasteiger partial charge in [-0.3, -0.25) is 14.8 Å². The molecule has 0 fully saturated rings. The first-order valence-corrected chi connectivity index (χ1v) is 5.80. The van der Waals surface area contributed by atoms with Gasteiger partial charge >= 0.3 is 0 Å². The first-order chi connectivity index (χ1) is 8.45. The summed E-state index contributed by atoms with van der Waals surface area (Å²) < 4.78 is 0.468. The zero-order chi connectivity index (χ0) is 13.7. The number of carbonyl (C=O) groups is 2. The Morgan fingerprint density at radius 1 is 1.44 bits per heavy atom. The molecule has 2 atom stereocenters. The van der Waals surface area contributed by atoms with Crippen LogP contribution >= 0.6 is 15.9 Å². The van der Waals surface area contributed by atoms with Gasteiger partial charge in [-0.25, -0.2) is 10.5 Å². The molecule has 8 heteroatoms. The van der Waals surface area contributed by atoms with E-state index in [1.807, 2.05) is 0 Å². The quantitative estimate of drug-likeness (QED) is 0.350. The third-order valence-electron chi connectivity index (χ3n) is 2.11. The van der Waals surface area contributed by atoms with Crippen LogP contribution < -0.4 is 10.8 Å². The first kappa shape index (κ1) is 14.6. The van der Waals surface area contributed by atoms with Crippen LogP contribution in [0.5, 0.6) is 0 Å². The highest BCUT2D eigenvalue weighted by atomic mass is 79.9. The molecule has 1 aromatic heterocycles. The SMILES string of the molecule is CC(O)C(NC(=O)c1cccc(Br)n1)C(=O)NO. The summed E-state index contributed by atoms with van der Waals surface area (Å²) in [4.78, 5) is 26.9. The van der Waals surface area contributed by atoms with Gasteiger partial charge in [0.15, 0.2) is 0 Å². The van der Waals surface area contributed by atoms with Crippen molar-refractivity contribution < 1.29 is 19.9 Å². The summed E-state index contributed by atoms with van der Waals surface area (Å²) in [6.45, 7) is 1.31. The lowest BCUT2D eigenvalue weighted by atomic mass is 10.1. The number of rotatable bonds is 4. The normalized spacial score (nSPS) is 13.6. The molecule has 0 saturated carbocycles. The fraction of sp³-hybridized carbons (Fsp3) is 0.300. The summed E-state index contributed by atoms with van der Waals surface area (Å²) in [6.07, 6.45) is -1.16. The Hall–Kier alpha value is -1.51. The summed E-state index contributed by atoms with van der Waals surface area (Å²) in [5.74, 6) is -1.54. The van der Waals surface area contributed by atoms with Crippen LogP contribution in [0.3, 0.4) is 0 Å². The molecule has 0 bridgehead atoms. The lowest BCUT2D eigenvalue weighted by Crippen LogP contribution is -2.51. The van der Waals surface area contributed by atoms with Crippen molar-refractivity contribution in [1.29, 1.82) is 0 Å². The Kier molecular flexibility index (Phi) is 5.20. The van der Waals surface area contributed by atoms with Crippen LogP contribution in [0.25, 0.3) is 0 Å². The average molecular weight is 318 g/mol. The van der Waals surface area contributed by atoms with Crippen LogP contribution in [-0.2, 0) is 4.79 Å².